The van der Waals surface area contributed by atoms with Gasteiger partial charge in [-0.3, -0.25) is 4.90 Å². The lowest BCUT2D eigenvalue weighted by Gasteiger charge is -2.22. The second kappa shape index (κ2) is 5.98. The molecule has 2 nitrogen and oxygen atoms in total. The molecule has 1 saturated carbocycles. The van der Waals surface area contributed by atoms with E-state index >= 15 is 0 Å². The first kappa shape index (κ1) is 13.7. The SMILES string of the molecule is CCc1ccc(CN(Cc2ccccc2N)C2CC2)s1. The van der Waals surface area contributed by atoms with Gasteiger partial charge in [0.1, 0.15) is 0 Å². The third kappa shape index (κ3) is 3.22. The van der Waals surface area contributed by atoms with Crippen molar-refractivity contribution in [2.75, 3.05) is 5.73 Å². The van der Waals surface area contributed by atoms with Gasteiger partial charge in [0.15, 0.2) is 0 Å². The van der Waals surface area contributed by atoms with Crippen LogP contribution in [0.3, 0.4) is 0 Å². The fourth-order valence-electron chi connectivity index (χ4n) is 2.55. The highest BCUT2D eigenvalue weighted by molar-refractivity contribution is 7.11. The number of nitrogens with two attached hydrogens (primary N) is 1. The molecule has 1 fully saturated rings. The molecule has 0 atom stereocenters. The summed E-state index contributed by atoms with van der Waals surface area (Å²) in [4.78, 5) is 5.54. The Morgan fingerprint density at radius 3 is 2.50 bits per heavy atom. The van der Waals surface area contributed by atoms with Crippen LogP contribution in [0.15, 0.2) is 36.4 Å². The molecule has 3 heteroatoms. The van der Waals surface area contributed by atoms with Gasteiger partial charge in [0.05, 0.1) is 0 Å². The van der Waals surface area contributed by atoms with E-state index in [0.29, 0.717) is 0 Å². The molecule has 0 amide bonds. The van der Waals surface area contributed by atoms with Gasteiger partial charge < -0.3 is 5.73 Å². The van der Waals surface area contributed by atoms with Gasteiger partial charge in [-0.05, 0) is 43.0 Å². The molecule has 0 unspecified atom stereocenters. The Morgan fingerprint density at radius 2 is 1.85 bits per heavy atom. The molecule has 1 aromatic carbocycles. The number of nitrogen functional groups attached to an aromatic ring is 1. The highest BCUT2D eigenvalue weighted by atomic mass is 32.1. The maximum atomic E-state index is 6.08. The summed E-state index contributed by atoms with van der Waals surface area (Å²) >= 11 is 1.95. The zero-order valence-corrected chi connectivity index (χ0v) is 12.8. The van der Waals surface area contributed by atoms with Crippen LogP contribution in [0.1, 0.15) is 35.1 Å². The van der Waals surface area contributed by atoms with Crippen molar-refractivity contribution >= 4 is 17.0 Å². The number of thiophene rings is 1. The minimum atomic E-state index is 0.752. The summed E-state index contributed by atoms with van der Waals surface area (Å²) < 4.78 is 0. The van der Waals surface area contributed by atoms with E-state index in [1.54, 1.807) is 0 Å². The summed E-state index contributed by atoms with van der Waals surface area (Å²) in [5.41, 5.74) is 8.26. The van der Waals surface area contributed by atoms with Gasteiger partial charge in [-0.15, -0.1) is 11.3 Å². The van der Waals surface area contributed by atoms with Crippen molar-refractivity contribution in [3.05, 3.63) is 51.7 Å². The van der Waals surface area contributed by atoms with Gasteiger partial charge in [-0.1, -0.05) is 25.1 Å². The van der Waals surface area contributed by atoms with Crippen LogP contribution in [-0.4, -0.2) is 10.9 Å². The first-order valence-electron chi connectivity index (χ1n) is 7.41. The molecule has 1 aromatic heterocycles. The fraction of sp³-hybridized carbons (Fsp3) is 0.412. The molecule has 20 heavy (non-hydrogen) atoms. The van der Waals surface area contributed by atoms with Crippen molar-refractivity contribution < 1.29 is 0 Å². The number of aryl methyl sites for hydroxylation is 1. The molecule has 2 aromatic rings. The minimum absolute atomic E-state index is 0.752. The van der Waals surface area contributed by atoms with Crippen LogP contribution >= 0.6 is 11.3 Å². The van der Waals surface area contributed by atoms with Crippen LogP contribution in [0.25, 0.3) is 0 Å². The summed E-state index contributed by atoms with van der Waals surface area (Å²) in [6.45, 7) is 4.25. The van der Waals surface area contributed by atoms with E-state index in [0.717, 1.165) is 31.2 Å². The molecule has 106 valence electrons. The number of para-hydroxylation sites is 1. The van der Waals surface area contributed by atoms with E-state index in [1.807, 2.05) is 23.5 Å². The Kier molecular flexibility index (Phi) is 4.08. The lowest BCUT2D eigenvalue weighted by molar-refractivity contribution is 0.248. The van der Waals surface area contributed by atoms with Crippen LogP contribution in [0, 0.1) is 0 Å². The lowest BCUT2D eigenvalue weighted by atomic mass is 10.1. The molecule has 3 rings (SSSR count). The van der Waals surface area contributed by atoms with Crippen LogP contribution in [-0.2, 0) is 19.5 Å². The lowest BCUT2D eigenvalue weighted by Crippen LogP contribution is -2.25. The molecule has 2 N–H and O–H groups in total. The van der Waals surface area contributed by atoms with Crippen molar-refractivity contribution in [1.29, 1.82) is 0 Å². The standard InChI is InChI=1S/C17H22N2S/c1-2-15-9-10-16(20-15)12-19(14-7-8-14)11-13-5-3-4-6-17(13)18/h3-6,9-10,14H,2,7-8,11-12,18H2,1H3. The maximum Gasteiger partial charge on any atom is 0.0359 e. The number of anilines is 1. The van der Waals surface area contributed by atoms with E-state index in [9.17, 15) is 0 Å². The molecular weight excluding hydrogens is 264 g/mol. The minimum Gasteiger partial charge on any atom is -0.398 e. The number of benzene rings is 1. The predicted molar refractivity (Wildman–Crippen MR) is 86.8 cm³/mol. The summed E-state index contributed by atoms with van der Waals surface area (Å²) in [5.74, 6) is 0. The topological polar surface area (TPSA) is 29.3 Å². The second-order valence-electron chi connectivity index (χ2n) is 5.56. The van der Waals surface area contributed by atoms with E-state index < -0.39 is 0 Å². The third-order valence-corrected chi connectivity index (χ3v) is 5.13. The summed E-state index contributed by atoms with van der Waals surface area (Å²) in [7, 11) is 0. The number of nitrogens with zero attached hydrogens (tertiary/aromatic N) is 1. The number of hydrogen-bond donors (Lipinski definition) is 1. The molecule has 0 spiro atoms. The average molecular weight is 286 g/mol. The van der Waals surface area contributed by atoms with Gasteiger partial charge in [-0.2, -0.15) is 0 Å². The Hall–Kier alpha value is -1.32. The zero-order valence-electron chi connectivity index (χ0n) is 12.0. The molecule has 1 aliphatic carbocycles. The van der Waals surface area contributed by atoms with E-state index in [-0.39, 0.29) is 0 Å². The second-order valence-corrected chi connectivity index (χ2v) is 6.81. The van der Waals surface area contributed by atoms with Crippen molar-refractivity contribution in [3.63, 3.8) is 0 Å². The largest absolute Gasteiger partial charge is 0.398 e. The molecule has 0 aliphatic heterocycles. The van der Waals surface area contributed by atoms with Gasteiger partial charge >= 0.3 is 0 Å². The van der Waals surface area contributed by atoms with E-state index in [2.05, 4.69) is 36.1 Å². The smallest absolute Gasteiger partial charge is 0.0359 e. The normalized spacial score (nSPS) is 14.9. The summed E-state index contributed by atoms with van der Waals surface area (Å²) in [6, 6.07) is 13.5. The number of hydrogen-bond acceptors (Lipinski definition) is 3. The fourth-order valence-corrected chi connectivity index (χ4v) is 3.53. The summed E-state index contributed by atoms with van der Waals surface area (Å²) in [5, 5.41) is 0. The molecular formula is C17H22N2S. The highest BCUT2D eigenvalue weighted by Gasteiger charge is 2.29. The molecule has 1 heterocycles. The zero-order chi connectivity index (χ0) is 13.9. The quantitative estimate of drug-likeness (QED) is 0.812. The molecule has 1 aliphatic rings. The first-order chi connectivity index (χ1) is 9.76. The average Bonchev–Trinajstić information content (AvgIpc) is 3.21. The van der Waals surface area contributed by atoms with E-state index in [1.165, 1.54) is 28.2 Å². The van der Waals surface area contributed by atoms with Crippen LogP contribution in [0.2, 0.25) is 0 Å². The van der Waals surface area contributed by atoms with Crippen molar-refractivity contribution in [2.24, 2.45) is 0 Å². The van der Waals surface area contributed by atoms with E-state index in [4.69, 9.17) is 5.73 Å². The monoisotopic (exact) mass is 286 g/mol. The van der Waals surface area contributed by atoms with Crippen LogP contribution in [0.5, 0.6) is 0 Å². The van der Waals surface area contributed by atoms with Gasteiger partial charge in [-0.25, -0.2) is 0 Å². The maximum absolute atomic E-state index is 6.08. The third-order valence-electron chi connectivity index (χ3n) is 3.92. The van der Waals surface area contributed by atoms with Crippen LogP contribution in [0.4, 0.5) is 5.69 Å². The summed E-state index contributed by atoms with van der Waals surface area (Å²) in [6.07, 6.45) is 3.80. The Balaban J connectivity index is 1.71. The Bertz CT molecular complexity index is 572. The Morgan fingerprint density at radius 1 is 1.10 bits per heavy atom. The van der Waals surface area contributed by atoms with Crippen molar-refractivity contribution in [3.8, 4) is 0 Å². The molecule has 0 bridgehead atoms. The number of rotatable bonds is 6. The van der Waals surface area contributed by atoms with Gasteiger partial charge in [0, 0.05) is 34.6 Å². The predicted octanol–water partition coefficient (Wildman–Crippen LogP) is 4.06. The van der Waals surface area contributed by atoms with Gasteiger partial charge in [0.25, 0.3) is 0 Å². The highest BCUT2D eigenvalue weighted by Crippen LogP contribution is 2.32. The first-order valence-corrected chi connectivity index (χ1v) is 8.23. The van der Waals surface area contributed by atoms with Crippen molar-refractivity contribution in [2.45, 2.75) is 45.3 Å². The molecule has 0 saturated heterocycles. The van der Waals surface area contributed by atoms with Crippen LogP contribution < -0.4 is 5.73 Å². The van der Waals surface area contributed by atoms with Crippen molar-refractivity contribution in [1.82, 2.24) is 4.90 Å². The van der Waals surface area contributed by atoms with Gasteiger partial charge in [0.2, 0.25) is 0 Å². The Labute approximate surface area is 125 Å². The molecule has 0 radical (unpaired) electrons.